The number of nitrogens with one attached hydrogen (secondary N) is 1. The second-order valence-electron chi connectivity index (χ2n) is 5.44. The molecule has 0 unspecified atom stereocenters. The lowest BCUT2D eigenvalue weighted by Crippen LogP contribution is -2.30. The number of carbonyl (C=O) groups excluding carboxylic acids is 1. The van der Waals surface area contributed by atoms with Gasteiger partial charge in [0, 0.05) is 13.1 Å². The number of rotatable bonds is 7. The summed E-state index contributed by atoms with van der Waals surface area (Å²) in [5.41, 5.74) is 2.41. The molecule has 0 bridgehead atoms. The van der Waals surface area contributed by atoms with E-state index < -0.39 is 0 Å². The highest BCUT2D eigenvalue weighted by molar-refractivity contribution is 5.80. The van der Waals surface area contributed by atoms with Gasteiger partial charge in [0.05, 0.1) is 12.5 Å². The van der Waals surface area contributed by atoms with E-state index in [-0.39, 0.29) is 11.4 Å². The normalized spacial score (nSPS) is 16.1. The van der Waals surface area contributed by atoms with Gasteiger partial charge in [0.1, 0.15) is 0 Å². The van der Waals surface area contributed by atoms with Crippen molar-refractivity contribution in [3.63, 3.8) is 0 Å². The fourth-order valence-corrected chi connectivity index (χ4v) is 2.38. The van der Waals surface area contributed by atoms with Gasteiger partial charge < -0.3 is 10.1 Å². The molecular weight excluding hydrogens is 238 g/mol. The summed E-state index contributed by atoms with van der Waals surface area (Å²) >= 11 is 0. The zero-order valence-corrected chi connectivity index (χ0v) is 11.9. The van der Waals surface area contributed by atoms with E-state index >= 15 is 0 Å². The van der Waals surface area contributed by atoms with Crippen molar-refractivity contribution in [3.05, 3.63) is 35.4 Å². The number of methoxy groups -OCH3 is 1. The Labute approximate surface area is 115 Å². The minimum absolute atomic E-state index is 0.0710. The molecule has 1 fully saturated rings. The third-order valence-electron chi connectivity index (χ3n) is 3.83. The first kappa shape index (κ1) is 14.1. The van der Waals surface area contributed by atoms with Crippen molar-refractivity contribution in [2.45, 2.75) is 39.2 Å². The Morgan fingerprint density at radius 2 is 1.89 bits per heavy atom. The van der Waals surface area contributed by atoms with Gasteiger partial charge >= 0.3 is 5.97 Å². The van der Waals surface area contributed by atoms with Crippen LogP contribution in [0.25, 0.3) is 0 Å². The summed E-state index contributed by atoms with van der Waals surface area (Å²) in [6.45, 7) is 3.72. The lowest BCUT2D eigenvalue weighted by molar-refractivity contribution is -0.146. The van der Waals surface area contributed by atoms with Gasteiger partial charge in [0.15, 0.2) is 0 Å². The third-order valence-corrected chi connectivity index (χ3v) is 3.83. The highest BCUT2D eigenvalue weighted by Gasteiger charge is 2.50. The van der Waals surface area contributed by atoms with Crippen molar-refractivity contribution in [1.82, 2.24) is 5.32 Å². The Bertz CT molecular complexity index is 421. The number of esters is 1. The fourth-order valence-electron chi connectivity index (χ4n) is 2.38. The minimum Gasteiger partial charge on any atom is -0.469 e. The predicted octanol–water partition coefficient (Wildman–Crippen LogP) is 2.68. The van der Waals surface area contributed by atoms with Crippen LogP contribution < -0.4 is 5.32 Å². The lowest BCUT2D eigenvalue weighted by atomic mass is 10.1. The number of aryl methyl sites for hydroxylation is 1. The molecule has 1 aromatic rings. The van der Waals surface area contributed by atoms with E-state index in [1.165, 1.54) is 24.7 Å². The molecule has 1 aliphatic carbocycles. The molecule has 1 saturated carbocycles. The predicted molar refractivity (Wildman–Crippen MR) is 75.8 cm³/mol. The fraction of sp³-hybridized carbons (Fsp3) is 0.562. The molecule has 3 nitrogen and oxygen atoms in total. The van der Waals surface area contributed by atoms with E-state index in [1.807, 2.05) is 0 Å². The first-order valence-corrected chi connectivity index (χ1v) is 7.07. The summed E-state index contributed by atoms with van der Waals surface area (Å²) in [5, 5.41) is 3.37. The van der Waals surface area contributed by atoms with Crippen LogP contribution in [0.15, 0.2) is 24.3 Å². The average Bonchev–Trinajstić information content (AvgIpc) is 3.21. The first-order chi connectivity index (χ1) is 9.20. The van der Waals surface area contributed by atoms with E-state index in [1.54, 1.807) is 0 Å². The Morgan fingerprint density at radius 1 is 1.26 bits per heavy atom. The zero-order chi connectivity index (χ0) is 13.7. The number of ether oxygens (including phenoxy) is 1. The lowest BCUT2D eigenvalue weighted by Gasteiger charge is -2.13. The van der Waals surface area contributed by atoms with Crippen LogP contribution in [0.4, 0.5) is 0 Å². The van der Waals surface area contributed by atoms with Gasteiger partial charge in [-0.3, -0.25) is 4.79 Å². The van der Waals surface area contributed by atoms with Gasteiger partial charge in [-0.1, -0.05) is 37.6 Å². The molecule has 0 saturated heterocycles. The first-order valence-electron chi connectivity index (χ1n) is 7.07. The van der Waals surface area contributed by atoms with Crippen LogP contribution in [0.5, 0.6) is 0 Å². The maximum absolute atomic E-state index is 11.6. The number of hydrogen-bond donors (Lipinski definition) is 1. The number of hydrogen-bond acceptors (Lipinski definition) is 3. The van der Waals surface area contributed by atoms with E-state index in [2.05, 4.69) is 36.5 Å². The Kier molecular flexibility index (Phi) is 4.59. The van der Waals surface area contributed by atoms with E-state index in [0.717, 1.165) is 32.4 Å². The molecule has 104 valence electrons. The van der Waals surface area contributed by atoms with E-state index in [0.29, 0.717) is 0 Å². The van der Waals surface area contributed by atoms with E-state index in [9.17, 15) is 4.79 Å². The summed E-state index contributed by atoms with van der Waals surface area (Å²) in [7, 11) is 1.47. The van der Waals surface area contributed by atoms with Gasteiger partial charge in [0.2, 0.25) is 0 Å². The van der Waals surface area contributed by atoms with Gasteiger partial charge in [-0.2, -0.15) is 0 Å². The molecule has 2 rings (SSSR count). The van der Waals surface area contributed by atoms with Crippen LogP contribution in [0, 0.1) is 5.41 Å². The molecule has 0 amide bonds. The maximum atomic E-state index is 11.6. The van der Waals surface area contributed by atoms with Crippen molar-refractivity contribution in [1.29, 1.82) is 0 Å². The Morgan fingerprint density at radius 3 is 2.42 bits per heavy atom. The second-order valence-corrected chi connectivity index (χ2v) is 5.44. The van der Waals surface area contributed by atoms with Crippen molar-refractivity contribution >= 4 is 5.97 Å². The molecule has 0 aliphatic heterocycles. The topological polar surface area (TPSA) is 38.3 Å². The molecule has 19 heavy (non-hydrogen) atoms. The summed E-state index contributed by atoms with van der Waals surface area (Å²) in [5.74, 6) is -0.0710. The Balaban J connectivity index is 1.78. The van der Waals surface area contributed by atoms with Crippen molar-refractivity contribution in [2.75, 3.05) is 13.7 Å². The molecule has 1 N–H and O–H groups in total. The molecular formula is C16H23NO2. The van der Waals surface area contributed by atoms with Crippen molar-refractivity contribution < 1.29 is 9.53 Å². The number of carbonyl (C=O) groups is 1. The summed E-state index contributed by atoms with van der Waals surface area (Å²) in [6, 6.07) is 8.70. The number of benzene rings is 1. The van der Waals surface area contributed by atoms with Crippen LogP contribution in [0.1, 0.15) is 37.3 Å². The van der Waals surface area contributed by atoms with Gasteiger partial charge in [0.25, 0.3) is 0 Å². The standard InChI is InChI=1S/C16H23NO2/c1-3-4-13-5-7-14(8-6-13)11-17-12-16(9-10-16)15(18)19-2/h5-8,17H,3-4,9-12H2,1-2H3. The maximum Gasteiger partial charge on any atom is 0.313 e. The van der Waals surface area contributed by atoms with Crippen LogP contribution in [0.2, 0.25) is 0 Å². The van der Waals surface area contributed by atoms with E-state index in [4.69, 9.17) is 4.74 Å². The smallest absolute Gasteiger partial charge is 0.313 e. The molecule has 0 spiro atoms. The van der Waals surface area contributed by atoms with Crippen LogP contribution in [0.3, 0.4) is 0 Å². The van der Waals surface area contributed by atoms with Gasteiger partial charge in [-0.15, -0.1) is 0 Å². The summed E-state index contributed by atoms with van der Waals surface area (Å²) in [4.78, 5) is 11.6. The van der Waals surface area contributed by atoms with Crippen LogP contribution in [-0.2, 0) is 22.5 Å². The minimum atomic E-state index is -0.239. The molecule has 1 aliphatic rings. The van der Waals surface area contributed by atoms with Gasteiger partial charge in [-0.25, -0.2) is 0 Å². The molecule has 3 heteroatoms. The highest BCUT2D eigenvalue weighted by Crippen LogP contribution is 2.46. The Hall–Kier alpha value is -1.35. The van der Waals surface area contributed by atoms with Crippen molar-refractivity contribution in [2.24, 2.45) is 5.41 Å². The summed E-state index contributed by atoms with van der Waals surface area (Å²) in [6.07, 6.45) is 4.21. The molecule has 0 heterocycles. The quantitative estimate of drug-likeness (QED) is 0.767. The van der Waals surface area contributed by atoms with Crippen LogP contribution >= 0.6 is 0 Å². The largest absolute Gasteiger partial charge is 0.469 e. The second kappa shape index (κ2) is 6.20. The van der Waals surface area contributed by atoms with Crippen LogP contribution in [-0.4, -0.2) is 19.6 Å². The third kappa shape index (κ3) is 3.57. The molecule has 0 atom stereocenters. The SMILES string of the molecule is CCCc1ccc(CNCC2(C(=O)OC)CC2)cc1. The summed E-state index contributed by atoms with van der Waals surface area (Å²) < 4.78 is 4.84. The monoisotopic (exact) mass is 261 g/mol. The highest BCUT2D eigenvalue weighted by atomic mass is 16.5. The molecule has 0 aromatic heterocycles. The molecule has 1 aromatic carbocycles. The van der Waals surface area contributed by atoms with Gasteiger partial charge in [-0.05, 0) is 30.4 Å². The van der Waals surface area contributed by atoms with Crippen molar-refractivity contribution in [3.8, 4) is 0 Å². The molecule has 0 radical (unpaired) electrons. The average molecular weight is 261 g/mol. The zero-order valence-electron chi connectivity index (χ0n) is 11.9.